The highest BCUT2D eigenvalue weighted by molar-refractivity contribution is 5.32. The maximum Gasteiger partial charge on any atom is 0.435 e. The first-order chi connectivity index (χ1) is 13.2. The third-order valence-corrected chi connectivity index (χ3v) is 4.35. The van der Waals surface area contributed by atoms with E-state index in [-0.39, 0.29) is 18.5 Å². The number of aromatic nitrogens is 4. The summed E-state index contributed by atoms with van der Waals surface area (Å²) in [5.74, 6) is 0.318. The van der Waals surface area contributed by atoms with Gasteiger partial charge < -0.3 is 5.32 Å². The van der Waals surface area contributed by atoms with Crippen molar-refractivity contribution in [3.8, 4) is 0 Å². The van der Waals surface area contributed by atoms with E-state index in [0.29, 0.717) is 23.9 Å². The van der Waals surface area contributed by atoms with E-state index in [0.717, 1.165) is 17.2 Å². The van der Waals surface area contributed by atoms with E-state index >= 15 is 0 Å². The van der Waals surface area contributed by atoms with Crippen LogP contribution in [0.1, 0.15) is 28.2 Å². The monoisotopic (exact) mass is 391 g/mol. The Labute approximate surface area is 159 Å². The van der Waals surface area contributed by atoms with Crippen molar-refractivity contribution in [1.82, 2.24) is 19.7 Å². The molecule has 0 aliphatic heterocycles. The summed E-state index contributed by atoms with van der Waals surface area (Å²) in [6.45, 7) is 4.23. The zero-order valence-electron chi connectivity index (χ0n) is 15.5. The maximum absolute atomic E-state index is 12.8. The van der Waals surface area contributed by atoms with Gasteiger partial charge in [0.15, 0.2) is 5.69 Å². The number of alkyl halides is 3. The number of hydrogen-bond donors (Lipinski definition) is 2. The van der Waals surface area contributed by atoms with Gasteiger partial charge in [0.1, 0.15) is 0 Å². The van der Waals surface area contributed by atoms with Crippen LogP contribution in [0.2, 0.25) is 0 Å². The van der Waals surface area contributed by atoms with Crippen molar-refractivity contribution in [2.45, 2.75) is 39.5 Å². The topological polar surface area (TPSA) is 75.6 Å². The molecule has 28 heavy (non-hydrogen) atoms. The van der Waals surface area contributed by atoms with Gasteiger partial charge in [0.25, 0.3) is 5.56 Å². The van der Waals surface area contributed by atoms with Crippen LogP contribution in [0.3, 0.4) is 0 Å². The molecule has 1 aromatic carbocycles. The zero-order valence-corrected chi connectivity index (χ0v) is 15.5. The van der Waals surface area contributed by atoms with Crippen LogP contribution in [0.4, 0.5) is 19.1 Å². The van der Waals surface area contributed by atoms with Gasteiger partial charge in [-0.1, -0.05) is 24.3 Å². The van der Waals surface area contributed by atoms with Crippen molar-refractivity contribution in [2.24, 2.45) is 0 Å². The number of H-pyrrole nitrogens is 1. The maximum atomic E-state index is 12.8. The molecule has 0 aliphatic carbocycles. The molecule has 2 N–H and O–H groups in total. The van der Waals surface area contributed by atoms with Crippen molar-refractivity contribution in [3.63, 3.8) is 0 Å². The van der Waals surface area contributed by atoms with Crippen LogP contribution in [0, 0.1) is 13.8 Å². The van der Waals surface area contributed by atoms with Crippen molar-refractivity contribution >= 4 is 5.95 Å². The minimum Gasteiger partial charge on any atom is -0.352 e. The first-order valence-corrected chi connectivity index (χ1v) is 8.72. The van der Waals surface area contributed by atoms with Gasteiger partial charge in [0, 0.05) is 31.3 Å². The summed E-state index contributed by atoms with van der Waals surface area (Å²) in [6, 6.07) is 10.2. The molecule has 9 heteroatoms. The summed E-state index contributed by atoms with van der Waals surface area (Å²) in [4.78, 5) is 18.9. The SMILES string of the molecule is Cc1ccccc1CNc1nc(CCn2nc(C(F)(F)F)cc2C)cc(=O)[nH]1. The first kappa shape index (κ1) is 19.7. The van der Waals surface area contributed by atoms with Crippen LogP contribution < -0.4 is 10.9 Å². The molecular formula is C19H20F3N5O. The third kappa shape index (κ3) is 4.79. The normalized spacial score (nSPS) is 11.6. The molecule has 0 bridgehead atoms. The Morgan fingerprint density at radius 1 is 1.18 bits per heavy atom. The van der Waals surface area contributed by atoms with E-state index in [1.54, 1.807) is 6.92 Å². The minimum absolute atomic E-state index is 0.190. The molecule has 0 saturated carbocycles. The van der Waals surface area contributed by atoms with Crippen LogP contribution in [-0.2, 0) is 25.7 Å². The molecule has 148 valence electrons. The van der Waals surface area contributed by atoms with E-state index in [1.165, 1.54) is 10.7 Å². The van der Waals surface area contributed by atoms with Crippen molar-refractivity contribution in [3.05, 3.63) is 75.0 Å². The lowest BCUT2D eigenvalue weighted by Crippen LogP contribution is -2.16. The van der Waals surface area contributed by atoms with Gasteiger partial charge in [-0.2, -0.15) is 18.3 Å². The summed E-state index contributed by atoms with van der Waals surface area (Å²) in [5, 5.41) is 6.67. The molecular weight excluding hydrogens is 371 g/mol. The molecule has 6 nitrogen and oxygen atoms in total. The van der Waals surface area contributed by atoms with Crippen LogP contribution in [0.5, 0.6) is 0 Å². The second-order valence-electron chi connectivity index (χ2n) is 6.51. The van der Waals surface area contributed by atoms with Crippen LogP contribution >= 0.6 is 0 Å². The molecule has 0 unspecified atom stereocenters. The largest absolute Gasteiger partial charge is 0.435 e. The van der Waals surface area contributed by atoms with Gasteiger partial charge in [0.2, 0.25) is 5.95 Å². The number of aryl methyl sites for hydroxylation is 4. The average molecular weight is 391 g/mol. The van der Waals surface area contributed by atoms with Gasteiger partial charge in [0.05, 0.1) is 5.69 Å². The van der Waals surface area contributed by atoms with Crippen molar-refractivity contribution < 1.29 is 13.2 Å². The standard InChI is InChI=1S/C19H20F3N5O/c1-12-5-3-4-6-14(12)11-23-18-24-15(10-17(28)25-18)7-8-27-13(2)9-16(26-27)19(20,21)22/h3-6,9-10H,7-8,11H2,1-2H3,(H2,23,24,25,28). The fraction of sp³-hybridized carbons (Fsp3) is 0.316. The molecule has 0 fully saturated rings. The number of benzene rings is 1. The molecule has 0 spiro atoms. The Balaban J connectivity index is 1.69. The minimum atomic E-state index is -4.48. The number of halogens is 3. The predicted octanol–water partition coefficient (Wildman–Crippen LogP) is 3.46. The molecule has 0 saturated heterocycles. The van der Waals surface area contributed by atoms with E-state index in [4.69, 9.17) is 0 Å². The van der Waals surface area contributed by atoms with Gasteiger partial charge >= 0.3 is 6.18 Å². The molecule has 3 aromatic rings. The Hall–Kier alpha value is -3.10. The highest BCUT2D eigenvalue weighted by Crippen LogP contribution is 2.28. The van der Waals surface area contributed by atoms with Gasteiger partial charge in [-0.25, -0.2) is 4.98 Å². The number of aromatic amines is 1. The molecule has 0 radical (unpaired) electrons. The Kier molecular flexibility index (Phi) is 5.53. The second-order valence-corrected chi connectivity index (χ2v) is 6.51. The molecule has 3 rings (SSSR count). The summed E-state index contributed by atoms with van der Waals surface area (Å²) in [5.41, 5.74) is 1.80. The highest BCUT2D eigenvalue weighted by Gasteiger charge is 2.34. The number of rotatable bonds is 6. The van der Waals surface area contributed by atoms with Gasteiger partial charge in [-0.15, -0.1) is 0 Å². The highest BCUT2D eigenvalue weighted by atomic mass is 19.4. The van der Waals surface area contributed by atoms with E-state index in [9.17, 15) is 18.0 Å². The number of anilines is 1. The fourth-order valence-corrected chi connectivity index (χ4v) is 2.80. The lowest BCUT2D eigenvalue weighted by molar-refractivity contribution is -0.141. The van der Waals surface area contributed by atoms with Crippen LogP contribution in [0.15, 0.2) is 41.2 Å². The lowest BCUT2D eigenvalue weighted by atomic mass is 10.1. The summed E-state index contributed by atoms with van der Waals surface area (Å²) >= 11 is 0. The van der Waals surface area contributed by atoms with Crippen LogP contribution in [0.25, 0.3) is 0 Å². The Morgan fingerprint density at radius 3 is 2.61 bits per heavy atom. The lowest BCUT2D eigenvalue weighted by Gasteiger charge is -2.09. The van der Waals surface area contributed by atoms with E-state index in [2.05, 4.69) is 20.4 Å². The smallest absolute Gasteiger partial charge is 0.352 e. The zero-order chi connectivity index (χ0) is 20.3. The first-order valence-electron chi connectivity index (χ1n) is 8.72. The van der Waals surface area contributed by atoms with Crippen molar-refractivity contribution in [2.75, 3.05) is 5.32 Å². The third-order valence-electron chi connectivity index (χ3n) is 4.35. The molecule has 2 heterocycles. The summed E-state index contributed by atoms with van der Waals surface area (Å²) in [6.07, 6.45) is -4.20. The molecule has 2 aromatic heterocycles. The Morgan fingerprint density at radius 2 is 1.93 bits per heavy atom. The Bertz CT molecular complexity index is 1020. The fourth-order valence-electron chi connectivity index (χ4n) is 2.80. The number of nitrogens with one attached hydrogen (secondary N) is 2. The molecule has 0 aliphatic rings. The number of hydrogen-bond acceptors (Lipinski definition) is 4. The quantitative estimate of drug-likeness (QED) is 0.675. The second kappa shape index (κ2) is 7.87. The van der Waals surface area contributed by atoms with Gasteiger partial charge in [-0.3, -0.25) is 14.5 Å². The summed E-state index contributed by atoms with van der Waals surface area (Å²) in [7, 11) is 0. The van der Waals surface area contributed by atoms with Crippen molar-refractivity contribution in [1.29, 1.82) is 0 Å². The summed E-state index contributed by atoms with van der Waals surface area (Å²) < 4.78 is 39.6. The number of nitrogens with zero attached hydrogens (tertiary/aromatic N) is 3. The van der Waals surface area contributed by atoms with Crippen LogP contribution in [-0.4, -0.2) is 19.7 Å². The van der Waals surface area contributed by atoms with E-state index in [1.807, 2.05) is 31.2 Å². The van der Waals surface area contributed by atoms with Gasteiger partial charge in [-0.05, 0) is 31.0 Å². The van der Waals surface area contributed by atoms with E-state index < -0.39 is 11.9 Å². The molecule has 0 amide bonds. The average Bonchev–Trinajstić information content (AvgIpc) is 3.00. The molecule has 0 atom stereocenters. The predicted molar refractivity (Wildman–Crippen MR) is 99.0 cm³/mol.